The van der Waals surface area contributed by atoms with Crippen LogP contribution < -0.4 is 0 Å². The second-order valence-electron chi connectivity index (χ2n) is 3.81. The lowest BCUT2D eigenvalue weighted by Gasteiger charge is -2.30. The largest absolute Gasteiger partial charge is 0.513 e. The molecule has 1 aromatic rings. The summed E-state index contributed by atoms with van der Waals surface area (Å²) >= 11 is 6.05. The summed E-state index contributed by atoms with van der Waals surface area (Å²) in [6.45, 7) is 5.30. The molecule has 0 unspecified atom stereocenters. The topological polar surface area (TPSA) is 37.3 Å². The zero-order valence-electron chi connectivity index (χ0n) is 9.61. The van der Waals surface area contributed by atoms with Gasteiger partial charge >= 0.3 is 6.09 Å². The first-order valence-corrected chi connectivity index (χ1v) is 5.76. The fourth-order valence-electron chi connectivity index (χ4n) is 1.74. The highest BCUT2D eigenvalue weighted by Crippen LogP contribution is 2.21. The van der Waals surface area contributed by atoms with E-state index >= 15 is 0 Å². The number of benzene rings is 1. The van der Waals surface area contributed by atoms with Crippen LogP contribution in [0, 0.1) is 0 Å². The first kappa shape index (κ1) is 13.0. The standard InChI is InChI=1S/C12H16ClNO2/c1-3-14(4-2,12(15)16)9-10-7-5-6-8-11(10)13/h5-8H,3-4,9H2,1-2H3/p+1. The van der Waals surface area contributed by atoms with E-state index in [0.29, 0.717) is 24.7 Å². The maximum atomic E-state index is 11.3. The summed E-state index contributed by atoms with van der Waals surface area (Å²) in [5, 5.41) is 9.94. The van der Waals surface area contributed by atoms with Crippen molar-refractivity contribution in [2.45, 2.75) is 20.4 Å². The Kier molecular flexibility index (Phi) is 4.33. The highest BCUT2D eigenvalue weighted by Gasteiger charge is 2.33. The summed E-state index contributed by atoms with van der Waals surface area (Å²) in [4.78, 5) is 11.3. The Balaban J connectivity index is 3.01. The molecule has 0 radical (unpaired) electrons. The molecular weight excluding hydrogens is 226 g/mol. The van der Waals surface area contributed by atoms with E-state index in [1.165, 1.54) is 0 Å². The first-order valence-electron chi connectivity index (χ1n) is 5.38. The van der Waals surface area contributed by atoms with Gasteiger partial charge in [0.05, 0.1) is 13.1 Å². The SMILES string of the molecule is CC[N+](CC)(Cc1ccccc1Cl)C(=O)O. The maximum Gasteiger partial charge on any atom is 0.513 e. The number of rotatable bonds is 4. The molecule has 0 aliphatic rings. The van der Waals surface area contributed by atoms with Crippen LogP contribution in [0.15, 0.2) is 24.3 Å². The molecule has 1 rings (SSSR count). The summed E-state index contributed by atoms with van der Waals surface area (Å²) in [6.07, 6.45) is -0.801. The lowest BCUT2D eigenvalue weighted by atomic mass is 10.2. The Morgan fingerprint density at radius 2 is 1.88 bits per heavy atom. The predicted octanol–water partition coefficient (Wildman–Crippen LogP) is 3.37. The fourth-order valence-corrected chi connectivity index (χ4v) is 1.93. The molecule has 0 bridgehead atoms. The molecule has 0 saturated carbocycles. The van der Waals surface area contributed by atoms with Gasteiger partial charge in [0.15, 0.2) is 0 Å². The molecule has 0 fully saturated rings. The second-order valence-corrected chi connectivity index (χ2v) is 4.22. The Morgan fingerprint density at radius 1 is 1.31 bits per heavy atom. The number of carbonyl (C=O) groups is 1. The molecule has 1 N–H and O–H groups in total. The predicted molar refractivity (Wildman–Crippen MR) is 64.5 cm³/mol. The number of quaternary nitrogens is 1. The molecule has 0 saturated heterocycles. The van der Waals surface area contributed by atoms with E-state index in [1.807, 2.05) is 32.0 Å². The van der Waals surface area contributed by atoms with Crippen LogP contribution in [0.25, 0.3) is 0 Å². The van der Waals surface area contributed by atoms with E-state index in [4.69, 9.17) is 11.6 Å². The molecule has 3 nitrogen and oxygen atoms in total. The number of halogens is 1. The molecule has 4 heteroatoms. The van der Waals surface area contributed by atoms with Gasteiger partial charge in [0.1, 0.15) is 6.54 Å². The van der Waals surface area contributed by atoms with Gasteiger partial charge in [0.25, 0.3) is 0 Å². The van der Waals surface area contributed by atoms with Crippen LogP contribution in [0.4, 0.5) is 4.79 Å². The Morgan fingerprint density at radius 3 is 2.31 bits per heavy atom. The monoisotopic (exact) mass is 242 g/mol. The molecule has 0 aromatic heterocycles. The third kappa shape index (κ3) is 2.54. The maximum absolute atomic E-state index is 11.3. The van der Waals surface area contributed by atoms with Crippen molar-refractivity contribution in [1.29, 1.82) is 0 Å². The second kappa shape index (κ2) is 5.32. The van der Waals surface area contributed by atoms with Crippen molar-refractivity contribution in [2.75, 3.05) is 13.1 Å². The molecule has 0 aliphatic heterocycles. The highest BCUT2D eigenvalue weighted by molar-refractivity contribution is 6.31. The number of hydrogen-bond acceptors (Lipinski definition) is 1. The number of carboxylic acid groups (broad SMARTS) is 1. The first-order chi connectivity index (χ1) is 7.55. The molecule has 1 amide bonds. The Labute approximate surface area is 101 Å². The minimum atomic E-state index is -0.801. The zero-order chi connectivity index (χ0) is 12.2. The lowest BCUT2D eigenvalue weighted by molar-refractivity contribution is -0.867. The van der Waals surface area contributed by atoms with Crippen molar-refractivity contribution in [3.8, 4) is 0 Å². The summed E-state index contributed by atoms with van der Waals surface area (Å²) in [5.41, 5.74) is 0.885. The number of nitrogens with zero attached hydrogens (tertiary/aromatic N) is 1. The van der Waals surface area contributed by atoms with Gasteiger partial charge in [-0.3, -0.25) is 0 Å². The third-order valence-electron chi connectivity index (χ3n) is 3.05. The van der Waals surface area contributed by atoms with Crippen LogP contribution in [0.1, 0.15) is 19.4 Å². The fraction of sp³-hybridized carbons (Fsp3) is 0.417. The Hall–Kier alpha value is -1.06. The minimum absolute atomic E-state index is 0.0176. The molecule has 0 aliphatic carbocycles. The summed E-state index contributed by atoms with van der Waals surface area (Å²) in [5.74, 6) is 0. The van der Waals surface area contributed by atoms with E-state index in [2.05, 4.69) is 0 Å². The van der Waals surface area contributed by atoms with Gasteiger partial charge in [0, 0.05) is 10.6 Å². The zero-order valence-corrected chi connectivity index (χ0v) is 10.4. The smallest absolute Gasteiger partial charge is 0.435 e. The minimum Gasteiger partial charge on any atom is -0.435 e. The molecule has 88 valence electrons. The molecule has 0 spiro atoms. The number of amides is 1. The number of hydrogen-bond donors (Lipinski definition) is 1. The van der Waals surface area contributed by atoms with Gasteiger partial charge < -0.3 is 5.11 Å². The Bertz CT molecular complexity index is 375. The van der Waals surface area contributed by atoms with E-state index in [-0.39, 0.29) is 4.48 Å². The molecule has 0 heterocycles. The van der Waals surface area contributed by atoms with Gasteiger partial charge in [-0.15, -0.1) is 0 Å². The van der Waals surface area contributed by atoms with Crippen LogP contribution in [0.3, 0.4) is 0 Å². The van der Waals surface area contributed by atoms with Crippen molar-refractivity contribution in [3.05, 3.63) is 34.9 Å². The van der Waals surface area contributed by atoms with Crippen LogP contribution in [-0.4, -0.2) is 28.8 Å². The van der Waals surface area contributed by atoms with E-state index in [9.17, 15) is 9.90 Å². The van der Waals surface area contributed by atoms with Crippen molar-refractivity contribution < 1.29 is 14.4 Å². The van der Waals surface area contributed by atoms with Crippen molar-refractivity contribution in [1.82, 2.24) is 0 Å². The van der Waals surface area contributed by atoms with E-state index in [0.717, 1.165) is 5.56 Å². The molecular formula is C12H17ClNO2+. The summed E-state index contributed by atoms with van der Waals surface area (Å²) in [7, 11) is 0. The molecule has 0 atom stereocenters. The molecule has 16 heavy (non-hydrogen) atoms. The van der Waals surface area contributed by atoms with Crippen LogP contribution in [0.2, 0.25) is 5.02 Å². The van der Waals surface area contributed by atoms with E-state index in [1.54, 1.807) is 6.07 Å². The normalized spacial score (nSPS) is 11.4. The van der Waals surface area contributed by atoms with Crippen molar-refractivity contribution in [3.63, 3.8) is 0 Å². The van der Waals surface area contributed by atoms with E-state index < -0.39 is 6.09 Å². The highest BCUT2D eigenvalue weighted by atomic mass is 35.5. The van der Waals surface area contributed by atoms with Crippen molar-refractivity contribution >= 4 is 17.7 Å². The lowest BCUT2D eigenvalue weighted by Crippen LogP contribution is -2.51. The average molecular weight is 243 g/mol. The van der Waals surface area contributed by atoms with Crippen LogP contribution >= 0.6 is 11.6 Å². The third-order valence-corrected chi connectivity index (χ3v) is 3.42. The summed E-state index contributed by atoms with van der Waals surface area (Å²) in [6, 6.07) is 7.39. The van der Waals surface area contributed by atoms with Crippen molar-refractivity contribution in [2.24, 2.45) is 0 Å². The quantitative estimate of drug-likeness (QED) is 0.822. The van der Waals surface area contributed by atoms with Gasteiger partial charge in [-0.25, -0.2) is 4.48 Å². The van der Waals surface area contributed by atoms with Gasteiger partial charge in [-0.05, 0) is 19.9 Å². The molecule has 1 aromatic carbocycles. The average Bonchev–Trinajstić information content (AvgIpc) is 2.28. The summed E-state index contributed by atoms with van der Waals surface area (Å²) < 4.78 is 0.0176. The van der Waals surface area contributed by atoms with Gasteiger partial charge in [-0.2, -0.15) is 4.79 Å². The van der Waals surface area contributed by atoms with Gasteiger partial charge in [-0.1, -0.05) is 29.8 Å². The van der Waals surface area contributed by atoms with Crippen LogP contribution in [-0.2, 0) is 6.54 Å². The van der Waals surface area contributed by atoms with Gasteiger partial charge in [0.2, 0.25) is 0 Å². The van der Waals surface area contributed by atoms with Crippen LogP contribution in [0.5, 0.6) is 0 Å².